The van der Waals surface area contributed by atoms with Crippen molar-refractivity contribution in [2.45, 2.75) is 19.3 Å². The second kappa shape index (κ2) is 6.91. The Morgan fingerprint density at radius 2 is 1.59 bits per heavy atom. The summed E-state index contributed by atoms with van der Waals surface area (Å²) >= 11 is 0. The molecular formula is C26H22O. The van der Waals surface area contributed by atoms with Crippen molar-refractivity contribution in [2.24, 2.45) is 0 Å². The summed E-state index contributed by atoms with van der Waals surface area (Å²) in [6.07, 6.45) is 1.82. The predicted octanol–water partition coefficient (Wildman–Crippen LogP) is 5.42. The van der Waals surface area contributed by atoms with Crippen molar-refractivity contribution in [2.75, 3.05) is 6.61 Å². The highest BCUT2D eigenvalue weighted by atomic mass is 16.3. The van der Waals surface area contributed by atoms with Crippen LogP contribution in [0, 0.1) is 11.8 Å². The van der Waals surface area contributed by atoms with Crippen LogP contribution in [0.1, 0.15) is 36.1 Å². The molecule has 0 heterocycles. The average Bonchev–Trinajstić information content (AvgIpc) is 2.93. The van der Waals surface area contributed by atoms with Gasteiger partial charge in [0.1, 0.15) is 0 Å². The van der Waals surface area contributed by atoms with E-state index in [-0.39, 0.29) is 12.0 Å². The fourth-order valence-electron chi connectivity index (χ4n) is 3.85. The van der Waals surface area contributed by atoms with Gasteiger partial charge in [0.15, 0.2) is 0 Å². The molecular weight excluding hydrogens is 328 g/mol. The van der Waals surface area contributed by atoms with Crippen molar-refractivity contribution in [3.8, 4) is 23.0 Å². The zero-order valence-electron chi connectivity index (χ0n) is 15.7. The summed E-state index contributed by atoms with van der Waals surface area (Å²) in [5.41, 5.74) is 8.05. The molecule has 0 amide bonds. The molecule has 0 radical (unpaired) electrons. The van der Waals surface area contributed by atoms with Crippen LogP contribution in [-0.2, 0) is 5.41 Å². The van der Waals surface area contributed by atoms with E-state index in [1.165, 1.54) is 22.3 Å². The molecule has 0 saturated carbocycles. The van der Waals surface area contributed by atoms with E-state index in [2.05, 4.69) is 68.2 Å². The third-order valence-electron chi connectivity index (χ3n) is 5.36. The molecule has 1 heteroatoms. The van der Waals surface area contributed by atoms with Crippen LogP contribution >= 0.6 is 0 Å². The highest BCUT2D eigenvalue weighted by molar-refractivity contribution is 5.83. The van der Waals surface area contributed by atoms with E-state index >= 15 is 0 Å². The van der Waals surface area contributed by atoms with Gasteiger partial charge in [0, 0.05) is 11.0 Å². The molecule has 3 aromatic rings. The van der Waals surface area contributed by atoms with E-state index in [4.69, 9.17) is 0 Å². The van der Waals surface area contributed by atoms with Gasteiger partial charge in [-0.25, -0.2) is 0 Å². The second-order valence-corrected chi connectivity index (χ2v) is 7.39. The summed E-state index contributed by atoms with van der Waals surface area (Å²) in [6, 6.07) is 25.0. The lowest BCUT2D eigenvalue weighted by Gasteiger charge is -2.22. The van der Waals surface area contributed by atoms with E-state index < -0.39 is 0 Å². The molecule has 0 aromatic heterocycles. The highest BCUT2D eigenvalue weighted by Crippen LogP contribution is 2.48. The number of hydrogen-bond donors (Lipinski definition) is 1. The number of aliphatic hydroxyl groups excluding tert-OH is 1. The molecule has 0 bridgehead atoms. The molecule has 0 saturated heterocycles. The van der Waals surface area contributed by atoms with Crippen LogP contribution < -0.4 is 0 Å². The van der Waals surface area contributed by atoms with Gasteiger partial charge < -0.3 is 5.11 Å². The molecule has 1 aliphatic carbocycles. The first kappa shape index (κ1) is 17.3. The molecule has 1 nitrogen and oxygen atoms in total. The first-order chi connectivity index (χ1) is 13.1. The summed E-state index contributed by atoms with van der Waals surface area (Å²) in [7, 11) is 0. The minimum absolute atomic E-state index is 0.0321. The Labute approximate surface area is 161 Å². The van der Waals surface area contributed by atoms with Crippen molar-refractivity contribution >= 4 is 5.57 Å². The number of rotatable bonds is 2. The standard InChI is InChI=1S/C26H22O/c1-26(2)24-14-7-6-13-22(24)23-16-15-20(17-25(23)26)21(18-27)12-8-11-19-9-4-3-5-10-19/h3-7,9-10,12-17,27H,18H2,1-2H3/b21-12+. The highest BCUT2D eigenvalue weighted by Gasteiger charge is 2.35. The summed E-state index contributed by atoms with van der Waals surface area (Å²) in [6.45, 7) is 4.49. The maximum atomic E-state index is 9.89. The lowest BCUT2D eigenvalue weighted by Crippen LogP contribution is -2.15. The van der Waals surface area contributed by atoms with Gasteiger partial charge in [-0.3, -0.25) is 0 Å². The van der Waals surface area contributed by atoms with E-state index in [0.717, 1.165) is 16.7 Å². The summed E-state index contributed by atoms with van der Waals surface area (Å²) in [5.74, 6) is 6.21. The predicted molar refractivity (Wildman–Crippen MR) is 112 cm³/mol. The van der Waals surface area contributed by atoms with Gasteiger partial charge in [0.25, 0.3) is 0 Å². The Kier molecular flexibility index (Phi) is 4.44. The van der Waals surface area contributed by atoms with E-state index in [9.17, 15) is 5.11 Å². The molecule has 1 N–H and O–H groups in total. The number of benzene rings is 3. The molecule has 0 unspecified atom stereocenters. The Morgan fingerprint density at radius 1 is 0.889 bits per heavy atom. The Balaban J connectivity index is 1.73. The SMILES string of the molecule is CC1(C)c2ccccc2-c2ccc(/C(=C/C#Cc3ccccc3)CO)cc21. The number of allylic oxidation sites excluding steroid dienone is 1. The molecule has 3 aromatic carbocycles. The molecule has 27 heavy (non-hydrogen) atoms. The van der Waals surface area contributed by atoms with Gasteiger partial charge in [0.05, 0.1) is 6.61 Å². The number of hydrogen-bond acceptors (Lipinski definition) is 1. The largest absolute Gasteiger partial charge is 0.392 e. The quantitative estimate of drug-likeness (QED) is 0.612. The first-order valence-electron chi connectivity index (χ1n) is 9.22. The summed E-state index contributed by atoms with van der Waals surface area (Å²) in [5, 5.41) is 9.89. The Hall–Kier alpha value is -3.08. The van der Waals surface area contributed by atoms with Gasteiger partial charge in [-0.2, -0.15) is 0 Å². The number of aliphatic hydroxyl groups is 1. The molecule has 4 rings (SSSR count). The van der Waals surface area contributed by atoms with Gasteiger partial charge in [-0.1, -0.05) is 80.3 Å². The van der Waals surface area contributed by atoms with Crippen LogP contribution in [0.4, 0.5) is 0 Å². The van der Waals surface area contributed by atoms with E-state index in [0.29, 0.717) is 0 Å². The van der Waals surface area contributed by atoms with E-state index in [1.54, 1.807) is 0 Å². The Morgan fingerprint density at radius 3 is 2.37 bits per heavy atom. The van der Waals surface area contributed by atoms with Gasteiger partial charge in [0.2, 0.25) is 0 Å². The molecule has 132 valence electrons. The fraction of sp³-hybridized carbons (Fsp3) is 0.154. The average molecular weight is 350 g/mol. The van der Waals surface area contributed by atoms with Crippen molar-refractivity contribution < 1.29 is 5.11 Å². The summed E-state index contributed by atoms with van der Waals surface area (Å²) < 4.78 is 0. The van der Waals surface area contributed by atoms with Crippen molar-refractivity contribution in [3.63, 3.8) is 0 Å². The lowest BCUT2D eigenvalue weighted by molar-refractivity contribution is 0.350. The number of fused-ring (bicyclic) bond motifs is 3. The van der Waals surface area contributed by atoms with Crippen LogP contribution in [0.3, 0.4) is 0 Å². The zero-order chi connectivity index (χ0) is 18.9. The van der Waals surface area contributed by atoms with Crippen LogP contribution in [0.5, 0.6) is 0 Å². The fourth-order valence-corrected chi connectivity index (χ4v) is 3.85. The molecule has 0 atom stereocenters. The van der Waals surface area contributed by atoms with Crippen molar-refractivity contribution in [3.05, 3.63) is 101 Å². The normalized spacial score (nSPS) is 14.1. The topological polar surface area (TPSA) is 20.2 Å². The minimum Gasteiger partial charge on any atom is -0.392 e. The van der Waals surface area contributed by atoms with Crippen LogP contribution in [0.25, 0.3) is 16.7 Å². The molecule has 0 aliphatic heterocycles. The monoisotopic (exact) mass is 350 g/mol. The third-order valence-corrected chi connectivity index (χ3v) is 5.36. The van der Waals surface area contributed by atoms with Gasteiger partial charge in [-0.05, 0) is 57.7 Å². The maximum Gasteiger partial charge on any atom is 0.0693 e. The van der Waals surface area contributed by atoms with Crippen LogP contribution in [-0.4, -0.2) is 11.7 Å². The summed E-state index contributed by atoms with van der Waals surface area (Å²) in [4.78, 5) is 0. The zero-order valence-corrected chi connectivity index (χ0v) is 15.7. The van der Waals surface area contributed by atoms with E-state index in [1.807, 2.05) is 36.4 Å². The van der Waals surface area contributed by atoms with Crippen molar-refractivity contribution in [1.82, 2.24) is 0 Å². The minimum atomic E-state index is -0.0434. The van der Waals surface area contributed by atoms with Crippen molar-refractivity contribution in [1.29, 1.82) is 0 Å². The smallest absolute Gasteiger partial charge is 0.0693 e. The van der Waals surface area contributed by atoms with Crippen LogP contribution in [0.15, 0.2) is 78.9 Å². The molecule has 1 aliphatic rings. The first-order valence-corrected chi connectivity index (χ1v) is 9.22. The lowest BCUT2D eigenvalue weighted by atomic mass is 9.81. The second-order valence-electron chi connectivity index (χ2n) is 7.39. The Bertz CT molecular complexity index is 1080. The van der Waals surface area contributed by atoms with Gasteiger partial charge >= 0.3 is 0 Å². The molecule has 0 fully saturated rings. The van der Waals surface area contributed by atoms with Crippen LogP contribution in [0.2, 0.25) is 0 Å². The van der Waals surface area contributed by atoms with Gasteiger partial charge in [-0.15, -0.1) is 0 Å². The maximum absolute atomic E-state index is 9.89. The molecule has 0 spiro atoms. The third kappa shape index (κ3) is 3.10.